The van der Waals surface area contributed by atoms with Crippen LogP contribution in [-0.2, 0) is 16.0 Å². The van der Waals surface area contributed by atoms with Gasteiger partial charge in [0.05, 0.1) is 12.8 Å². The summed E-state index contributed by atoms with van der Waals surface area (Å²) in [6.45, 7) is 5.78. The topological polar surface area (TPSA) is 66.4 Å². The standard InChI is InChI=1S/C15H21NO3/c1-10(2)13(9-15(18)19)16-14(17)8-12-6-4-5-11(3)7-12/h4-7,10,13H,8-9H2,1-3H3,(H,16,17)(H,18,19). The zero-order valence-corrected chi connectivity index (χ0v) is 11.6. The Morgan fingerprint density at radius 1 is 1.32 bits per heavy atom. The molecule has 1 rings (SSSR count). The van der Waals surface area contributed by atoms with Gasteiger partial charge in [-0.3, -0.25) is 9.59 Å². The van der Waals surface area contributed by atoms with E-state index in [0.717, 1.165) is 11.1 Å². The number of nitrogens with one attached hydrogen (secondary N) is 1. The summed E-state index contributed by atoms with van der Waals surface area (Å²) < 4.78 is 0. The number of hydrogen-bond acceptors (Lipinski definition) is 2. The van der Waals surface area contributed by atoms with Gasteiger partial charge in [0.2, 0.25) is 5.91 Å². The summed E-state index contributed by atoms with van der Waals surface area (Å²) in [6, 6.07) is 7.42. The fraction of sp³-hybridized carbons (Fsp3) is 0.467. The monoisotopic (exact) mass is 263 g/mol. The van der Waals surface area contributed by atoms with E-state index < -0.39 is 5.97 Å². The molecule has 4 nitrogen and oxygen atoms in total. The van der Waals surface area contributed by atoms with Crippen LogP contribution < -0.4 is 5.32 Å². The average Bonchev–Trinajstić information content (AvgIpc) is 2.27. The van der Waals surface area contributed by atoms with Crippen molar-refractivity contribution in [2.24, 2.45) is 5.92 Å². The Morgan fingerprint density at radius 2 is 2.00 bits per heavy atom. The van der Waals surface area contributed by atoms with Crippen LogP contribution in [-0.4, -0.2) is 23.0 Å². The third-order valence-corrected chi connectivity index (χ3v) is 2.99. The molecule has 19 heavy (non-hydrogen) atoms. The molecular weight excluding hydrogens is 242 g/mol. The fourth-order valence-electron chi connectivity index (χ4n) is 1.91. The first-order valence-corrected chi connectivity index (χ1v) is 6.45. The van der Waals surface area contributed by atoms with Gasteiger partial charge in [-0.05, 0) is 18.4 Å². The highest BCUT2D eigenvalue weighted by atomic mass is 16.4. The maximum atomic E-state index is 11.9. The predicted octanol–water partition coefficient (Wildman–Crippen LogP) is 2.15. The predicted molar refractivity (Wildman–Crippen MR) is 73.9 cm³/mol. The number of rotatable bonds is 6. The summed E-state index contributed by atoms with van der Waals surface area (Å²) >= 11 is 0. The summed E-state index contributed by atoms with van der Waals surface area (Å²) in [7, 11) is 0. The van der Waals surface area contributed by atoms with Crippen LogP contribution in [0.5, 0.6) is 0 Å². The van der Waals surface area contributed by atoms with Crippen LogP contribution in [0.25, 0.3) is 0 Å². The van der Waals surface area contributed by atoms with Crippen molar-refractivity contribution in [3.63, 3.8) is 0 Å². The number of hydrogen-bond donors (Lipinski definition) is 2. The Morgan fingerprint density at radius 3 is 2.53 bits per heavy atom. The van der Waals surface area contributed by atoms with E-state index >= 15 is 0 Å². The van der Waals surface area contributed by atoms with Crippen LogP contribution >= 0.6 is 0 Å². The number of aliphatic carboxylic acids is 1. The van der Waals surface area contributed by atoms with Crippen molar-refractivity contribution in [2.45, 2.75) is 39.7 Å². The largest absolute Gasteiger partial charge is 0.481 e. The third-order valence-electron chi connectivity index (χ3n) is 2.99. The molecule has 1 aromatic rings. The lowest BCUT2D eigenvalue weighted by molar-refractivity contribution is -0.138. The molecule has 0 heterocycles. The minimum Gasteiger partial charge on any atom is -0.481 e. The van der Waals surface area contributed by atoms with Crippen LogP contribution in [0.15, 0.2) is 24.3 Å². The van der Waals surface area contributed by atoms with Crippen molar-refractivity contribution in [1.82, 2.24) is 5.32 Å². The van der Waals surface area contributed by atoms with Crippen molar-refractivity contribution in [3.05, 3.63) is 35.4 Å². The molecule has 0 saturated heterocycles. The molecule has 1 atom stereocenters. The molecular formula is C15H21NO3. The molecule has 0 saturated carbocycles. The molecule has 0 radical (unpaired) electrons. The maximum absolute atomic E-state index is 11.9. The lowest BCUT2D eigenvalue weighted by Crippen LogP contribution is -2.40. The van der Waals surface area contributed by atoms with E-state index in [1.54, 1.807) is 0 Å². The van der Waals surface area contributed by atoms with Crippen LogP contribution in [0.4, 0.5) is 0 Å². The summed E-state index contributed by atoms with van der Waals surface area (Å²) in [6.07, 6.45) is 0.238. The van der Waals surface area contributed by atoms with Gasteiger partial charge < -0.3 is 10.4 Å². The van der Waals surface area contributed by atoms with Gasteiger partial charge >= 0.3 is 5.97 Å². The molecule has 4 heteroatoms. The number of benzene rings is 1. The smallest absolute Gasteiger partial charge is 0.305 e. The molecule has 0 aromatic heterocycles. The second-order valence-corrected chi connectivity index (χ2v) is 5.18. The van der Waals surface area contributed by atoms with E-state index in [4.69, 9.17) is 5.11 Å². The highest BCUT2D eigenvalue weighted by Gasteiger charge is 2.19. The lowest BCUT2D eigenvalue weighted by atomic mass is 10.0. The van der Waals surface area contributed by atoms with Crippen LogP contribution in [0.1, 0.15) is 31.4 Å². The lowest BCUT2D eigenvalue weighted by Gasteiger charge is -2.20. The Bertz CT molecular complexity index is 454. The van der Waals surface area contributed by atoms with Gasteiger partial charge in [0.25, 0.3) is 0 Å². The van der Waals surface area contributed by atoms with Crippen molar-refractivity contribution in [2.75, 3.05) is 0 Å². The molecule has 1 unspecified atom stereocenters. The van der Waals surface area contributed by atoms with Crippen molar-refractivity contribution >= 4 is 11.9 Å². The molecule has 1 aromatic carbocycles. The molecule has 1 amide bonds. The zero-order valence-electron chi connectivity index (χ0n) is 11.6. The van der Waals surface area contributed by atoms with Crippen molar-refractivity contribution in [1.29, 1.82) is 0 Å². The first kappa shape index (κ1) is 15.2. The van der Waals surface area contributed by atoms with E-state index in [2.05, 4.69) is 5.32 Å². The van der Waals surface area contributed by atoms with Gasteiger partial charge in [0, 0.05) is 6.04 Å². The minimum atomic E-state index is -0.894. The molecule has 0 aliphatic rings. The van der Waals surface area contributed by atoms with Crippen LogP contribution in [0, 0.1) is 12.8 Å². The normalized spacial score (nSPS) is 12.2. The number of carboxylic acid groups (broad SMARTS) is 1. The van der Waals surface area contributed by atoms with Gasteiger partial charge in [-0.15, -0.1) is 0 Å². The molecule has 2 N–H and O–H groups in total. The molecule has 0 bridgehead atoms. The first-order valence-electron chi connectivity index (χ1n) is 6.45. The summed E-state index contributed by atoms with van der Waals surface area (Å²) in [5, 5.41) is 11.6. The molecule has 0 aliphatic heterocycles. The maximum Gasteiger partial charge on any atom is 0.305 e. The highest BCUT2D eigenvalue weighted by molar-refractivity contribution is 5.79. The average molecular weight is 263 g/mol. The van der Waals surface area contributed by atoms with Gasteiger partial charge in [-0.1, -0.05) is 43.7 Å². The van der Waals surface area contributed by atoms with Gasteiger partial charge in [-0.2, -0.15) is 0 Å². The second-order valence-electron chi connectivity index (χ2n) is 5.18. The van der Waals surface area contributed by atoms with E-state index in [0.29, 0.717) is 0 Å². The SMILES string of the molecule is Cc1cccc(CC(=O)NC(CC(=O)O)C(C)C)c1. The van der Waals surface area contributed by atoms with Crippen molar-refractivity contribution in [3.8, 4) is 0 Å². The van der Waals surface area contributed by atoms with E-state index in [-0.39, 0.29) is 30.7 Å². The summed E-state index contributed by atoms with van der Waals surface area (Å²) in [4.78, 5) is 22.7. The Balaban J connectivity index is 2.60. The number of aryl methyl sites for hydroxylation is 1. The number of carbonyl (C=O) groups excluding carboxylic acids is 1. The quantitative estimate of drug-likeness (QED) is 0.826. The van der Waals surface area contributed by atoms with E-state index in [1.807, 2.05) is 45.0 Å². The van der Waals surface area contributed by atoms with Crippen LogP contribution in [0.2, 0.25) is 0 Å². The highest BCUT2D eigenvalue weighted by Crippen LogP contribution is 2.08. The Labute approximate surface area is 113 Å². The van der Waals surface area contributed by atoms with E-state index in [1.165, 1.54) is 0 Å². The molecule has 0 aliphatic carbocycles. The fourth-order valence-corrected chi connectivity index (χ4v) is 1.91. The van der Waals surface area contributed by atoms with Gasteiger partial charge in [0.15, 0.2) is 0 Å². The number of carboxylic acids is 1. The Kier molecular flexibility index (Phi) is 5.55. The van der Waals surface area contributed by atoms with Gasteiger partial charge in [0.1, 0.15) is 0 Å². The first-order chi connectivity index (χ1) is 8.88. The third kappa shape index (κ3) is 5.55. The molecule has 0 spiro atoms. The Hall–Kier alpha value is -1.84. The second kappa shape index (κ2) is 6.92. The number of amides is 1. The van der Waals surface area contributed by atoms with Crippen LogP contribution in [0.3, 0.4) is 0 Å². The van der Waals surface area contributed by atoms with Gasteiger partial charge in [-0.25, -0.2) is 0 Å². The summed E-state index contributed by atoms with van der Waals surface area (Å²) in [5.74, 6) is -0.933. The number of carbonyl (C=O) groups is 2. The zero-order chi connectivity index (χ0) is 14.4. The summed E-state index contributed by atoms with van der Waals surface area (Å²) in [5.41, 5.74) is 2.05. The van der Waals surface area contributed by atoms with E-state index in [9.17, 15) is 9.59 Å². The molecule has 104 valence electrons. The van der Waals surface area contributed by atoms with Crippen molar-refractivity contribution < 1.29 is 14.7 Å². The molecule has 0 fully saturated rings. The minimum absolute atomic E-state index is 0.0444.